The maximum atomic E-state index is 12.6. The van der Waals surface area contributed by atoms with E-state index in [0.29, 0.717) is 13.2 Å². The van der Waals surface area contributed by atoms with Gasteiger partial charge in [0.2, 0.25) is 0 Å². The summed E-state index contributed by atoms with van der Waals surface area (Å²) in [7, 11) is 0. The maximum Gasteiger partial charge on any atom is 0.325 e. The number of carbonyl (C=O) groups excluding carboxylic acids is 1. The van der Waals surface area contributed by atoms with Crippen LogP contribution < -0.4 is 0 Å². The van der Waals surface area contributed by atoms with E-state index in [-0.39, 0.29) is 24.8 Å². The minimum Gasteiger partial charge on any atom is -0.554 e. The smallest absolute Gasteiger partial charge is 0.325 e. The second kappa shape index (κ2) is 7.62. The zero-order valence-electron chi connectivity index (χ0n) is 14.8. The number of hydrogen-bond acceptors (Lipinski definition) is 5. The molecule has 136 valence electrons. The van der Waals surface area contributed by atoms with E-state index < -0.39 is 6.69 Å². The molecule has 2 aliphatic rings. The van der Waals surface area contributed by atoms with Crippen LogP contribution in [0, 0.1) is 0 Å². The standard InChI is InChI=1S/C20H23BNO4/c23-20(24-16-17-7-3-1-4-8-17)15-19(18-9-5-2-6-10-18)21-22(11-13-25-21)12-14-26-21/h1-10,19H,11-16H2/q-1. The zero-order valence-corrected chi connectivity index (χ0v) is 14.8. The summed E-state index contributed by atoms with van der Waals surface area (Å²) < 4.78 is 17.7. The van der Waals surface area contributed by atoms with Crippen LogP contribution in [0.5, 0.6) is 0 Å². The Morgan fingerprint density at radius 3 is 2.27 bits per heavy atom. The van der Waals surface area contributed by atoms with Crippen molar-refractivity contribution in [3.05, 3.63) is 71.8 Å². The van der Waals surface area contributed by atoms with Crippen molar-refractivity contribution in [3.63, 3.8) is 0 Å². The lowest BCUT2D eigenvalue weighted by Crippen LogP contribution is -2.53. The highest BCUT2D eigenvalue weighted by Crippen LogP contribution is 2.39. The van der Waals surface area contributed by atoms with Crippen LogP contribution in [0.2, 0.25) is 0 Å². The summed E-state index contributed by atoms with van der Waals surface area (Å²) in [6.45, 7) is 1.62. The van der Waals surface area contributed by atoms with E-state index in [0.717, 1.165) is 24.2 Å². The van der Waals surface area contributed by atoms with Gasteiger partial charge in [0, 0.05) is 19.6 Å². The monoisotopic (exact) mass is 352 g/mol. The first-order valence-corrected chi connectivity index (χ1v) is 9.20. The van der Waals surface area contributed by atoms with E-state index >= 15 is 0 Å². The van der Waals surface area contributed by atoms with Gasteiger partial charge in [0.25, 0.3) is 0 Å². The molecule has 0 amide bonds. The van der Waals surface area contributed by atoms with Crippen molar-refractivity contribution >= 4 is 12.7 Å². The number of fused-ring (bicyclic) bond motifs is 1. The molecule has 0 aliphatic carbocycles. The average molecular weight is 352 g/mol. The van der Waals surface area contributed by atoms with Crippen LogP contribution in [-0.4, -0.2) is 43.8 Å². The highest BCUT2D eigenvalue weighted by Gasteiger charge is 2.49. The van der Waals surface area contributed by atoms with Crippen LogP contribution in [0.1, 0.15) is 23.4 Å². The third-order valence-corrected chi connectivity index (χ3v) is 5.34. The van der Waals surface area contributed by atoms with Crippen molar-refractivity contribution in [2.75, 3.05) is 26.3 Å². The van der Waals surface area contributed by atoms with Crippen LogP contribution in [0.4, 0.5) is 0 Å². The van der Waals surface area contributed by atoms with Crippen LogP contribution >= 0.6 is 0 Å². The van der Waals surface area contributed by atoms with Crippen LogP contribution in [0.15, 0.2) is 60.7 Å². The van der Waals surface area contributed by atoms with Gasteiger partial charge in [0.05, 0.1) is 0 Å². The summed E-state index contributed by atoms with van der Waals surface area (Å²) in [6, 6.07) is 19.7. The lowest BCUT2D eigenvalue weighted by atomic mass is 9.54. The van der Waals surface area contributed by atoms with E-state index in [1.54, 1.807) is 0 Å². The topological polar surface area (TPSA) is 48.0 Å². The minimum absolute atomic E-state index is 0.163. The fraction of sp³-hybridized carbons (Fsp3) is 0.350. The molecule has 2 aromatic carbocycles. The van der Waals surface area contributed by atoms with Gasteiger partial charge < -0.3 is 18.9 Å². The summed E-state index contributed by atoms with van der Waals surface area (Å²) in [5.74, 6) is -0.394. The molecule has 0 saturated carbocycles. The van der Waals surface area contributed by atoms with Gasteiger partial charge in [-0.15, -0.1) is 0 Å². The van der Waals surface area contributed by atoms with E-state index in [2.05, 4.69) is 4.81 Å². The summed E-state index contributed by atoms with van der Waals surface area (Å²) in [4.78, 5) is 14.9. The molecular weight excluding hydrogens is 329 g/mol. The van der Waals surface area contributed by atoms with Gasteiger partial charge in [0.15, 0.2) is 0 Å². The Balaban J connectivity index is 1.51. The Morgan fingerprint density at radius 2 is 1.62 bits per heavy atom. The number of carbonyl (C=O) groups is 1. The van der Waals surface area contributed by atoms with Gasteiger partial charge in [-0.2, -0.15) is 0 Å². The minimum atomic E-state index is -1.64. The quantitative estimate of drug-likeness (QED) is 0.591. The Labute approximate surface area is 153 Å². The largest absolute Gasteiger partial charge is 0.554 e. The van der Waals surface area contributed by atoms with Gasteiger partial charge in [-0.3, -0.25) is 4.79 Å². The molecule has 0 N–H and O–H groups in total. The van der Waals surface area contributed by atoms with Crippen molar-refractivity contribution in [2.24, 2.45) is 0 Å². The molecule has 0 radical (unpaired) electrons. The molecule has 2 saturated heterocycles. The fourth-order valence-corrected chi connectivity index (χ4v) is 4.08. The number of rotatable bonds is 6. The summed E-state index contributed by atoms with van der Waals surface area (Å²) in [6.07, 6.45) is 0.243. The number of benzene rings is 2. The molecule has 0 bridgehead atoms. The van der Waals surface area contributed by atoms with Crippen molar-refractivity contribution < 1.29 is 18.8 Å². The molecule has 4 rings (SSSR count). The van der Waals surface area contributed by atoms with Crippen molar-refractivity contribution in [1.82, 2.24) is 4.81 Å². The highest BCUT2D eigenvalue weighted by atomic mass is 16.6. The molecule has 2 heterocycles. The number of ether oxygens (including phenoxy) is 1. The van der Waals surface area contributed by atoms with E-state index in [4.69, 9.17) is 14.0 Å². The average Bonchev–Trinajstić information content (AvgIpc) is 3.27. The predicted octanol–water partition coefficient (Wildman–Crippen LogP) is 2.74. The van der Waals surface area contributed by atoms with Crippen molar-refractivity contribution in [3.8, 4) is 0 Å². The van der Waals surface area contributed by atoms with Crippen molar-refractivity contribution in [1.29, 1.82) is 0 Å². The Bertz CT molecular complexity index is 730. The molecule has 1 unspecified atom stereocenters. The summed E-state index contributed by atoms with van der Waals surface area (Å²) >= 11 is 0. The molecule has 26 heavy (non-hydrogen) atoms. The van der Waals surface area contributed by atoms with Crippen LogP contribution in [0.3, 0.4) is 0 Å². The predicted molar refractivity (Wildman–Crippen MR) is 99.3 cm³/mol. The number of esters is 1. The molecule has 0 aromatic heterocycles. The lowest BCUT2D eigenvalue weighted by molar-refractivity contribution is -0.145. The maximum absolute atomic E-state index is 12.6. The second-order valence-corrected chi connectivity index (χ2v) is 6.87. The lowest BCUT2D eigenvalue weighted by Gasteiger charge is -2.43. The van der Waals surface area contributed by atoms with Gasteiger partial charge >= 0.3 is 12.7 Å². The summed E-state index contributed by atoms with van der Waals surface area (Å²) in [5, 5.41) is 0. The first-order valence-electron chi connectivity index (χ1n) is 9.20. The molecule has 2 aromatic rings. The third kappa shape index (κ3) is 3.40. The highest BCUT2D eigenvalue weighted by molar-refractivity contribution is 6.67. The SMILES string of the molecule is O=C(CC(c1ccccc1)[B-]12OCCN1CCO2)OCc1ccccc1. The first kappa shape index (κ1) is 17.3. The summed E-state index contributed by atoms with van der Waals surface area (Å²) in [5.41, 5.74) is 2.04. The Kier molecular flexibility index (Phi) is 5.06. The van der Waals surface area contributed by atoms with E-state index in [9.17, 15) is 4.79 Å². The number of nitrogens with zero attached hydrogens (tertiary/aromatic N) is 1. The van der Waals surface area contributed by atoms with Gasteiger partial charge in [0.1, 0.15) is 6.61 Å². The van der Waals surface area contributed by atoms with E-state index in [1.165, 1.54) is 0 Å². The molecule has 1 atom stereocenters. The van der Waals surface area contributed by atoms with Gasteiger partial charge in [-0.25, -0.2) is 0 Å². The molecule has 6 heteroatoms. The van der Waals surface area contributed by atoms with E-state index in [1.807, 2.05) is 60.7 Å². The normalized spacial score (nSPS) is 19.8. The Hall–Kier alpha value is -2.15. The molecular formula is C20H23BNO4-. The van der Waals surface area contributed by atoms with Gasteiger partial charge in [-0.1, -0.05) is 72.0 Å². The molecule has 5 nitrogen and oxygen atoms in total. The second-order valence-electron chi connectivity index (χ2n) is 6.87. The van der Waals surface area contributed by atoms with Crippen LogP contribution in [0.25, 0.3) is 0 Å². The molecule has 0 spiro atoms. The Morgan fingerprint density at radius 1 is 1.00 bits per heavy atom. The first-order chi connectivity index (χ1) is 12.8. The molecule has 2 aliphatic heterocycles. The molecule has 2 fully saturated rings. The zero-order chi connectivity index (χ0) is 17.8. The van der Waals surface area contributed by atoms with Gasteiger partial charge in [-0.05, 0) is 18.7 Å². The van der Waals surface area contributed by atoms with Crippen LogP contribution in [-0.2, 0) is 25.4 Å². The number of hydrogen-bond donors (Lipinski definition) is 0. The third-order valence-electron chi connectivity index (χ3n) is 5.34. The van der Waals surface area contributed by atoms with Crippen molar-refractivity contribution in [2.45, 2.75) is 18.8 Å². The fourth-order valence-electron chi connectivity index (χ4n) is 4.08.